The number of piperidine rings is 1. The molecule has 8 heteroatoms. The highest BCUT2D eigenvalue weighted by atomic mass is 127. The highest BCUT2D eigenvalue weighted by Gasteiger charge is 2.21. The third-order valence-corrected chi connectivity index (χ3v) is 6.51. The topological polar surface area (TPSA) is 49.3 Å². The lowest BCUT2D eigenvalue weighted by Crippen LogP contribution is -2.46. The lowest BCUT2D eigenvalue weighted by Gasteiger charge is -2.34. The van der Waals surface area contributed by atoms with Crippen LogP contribution in [0.1, 0.15) is 24.8 Å². The molecule has 0 atom stereocenters. The zero-order valence-electron chi connectivity index (χ0n) is 18.3. The molecule has 0 amide bonds. The van der Waals surface area contributed by atoms with Gasteiger partial charge in [0.1, 0.15) is 0 Å². The van der Waals surface area contributed by atoms with Gasteiger partial charge < -0.3 is 24.6 Å². The van der Waals surface area contributed by atoms with Crippen LogP contribution >= 0.6 is 35.7 Å². The molecule has 1 N–H and O–H groups in total. The normalized spacial score (nSPS) is 18.3. The summed E-state index contributed by atoms with van der Waals surface area (Å²) in [4.78, 5) is 9.32. The van der Waals surface area contributed by atoms with E-state index in [1.165, 1.54) is 22.8 Å². The molecule has 1 aromatic carbocycles. The molecular weight excluding hydrogens is 511 g/mol. The van der Waals surface area contributed by atoms with Gasteiger partial charge in [0, 0.05) is 77.3 Å². The molecule has 0 saturated carbocycles. The van der Waals surface area contributed by atoms with E-state index in [1.807, 2.05) is 18.8 Å². The third-order valence-electron chi connectivity index (χ3n) is 5.56. The standard InChI is InChI=1S/C22H36N4O2S.HI/c1-23-22(26-10-8-21(9-11-26)28-15-3-14-27-2)24-18-19-4-6-20(7-5-19)25-12-16-29-17-13-25;/h4-7,21H,3,8-18H2,1-2H3,(H,23,24);1H. The van der Waals surface area contributed by atoms with Crippen LogP contribution in [-0.2, 0) is 16.0 Å². The summed E-state index contributed by atoms with van der Waals surface area (Å²) in [5.74, 6) is 3.45. The number of thioether (sulfide) groups is 1. The highest BCUT2D eigenvalue weighted by molar-refractivity contribution is 14.0. The number of aliphatic imine (C=N–C) groups is 1. The van der Waals surface area contributed by atoms with Gasteiger partial charge >= 0.3 is 0 Å². The van der Waals surface area contributed by atoms with Crippen LogP contribution < -0.4 is 10.2 Å². The maximum atomic E-state index is 5.96. The first-order chi connectivity index (χ1) is 14.3. The van der Waals surface area contributed by atoms with Gasteiger partial charge in [-0.25, -0.2) is 0 Å². The summed E-state index contributed by atoms with van der Waals surface area (Å²) in [6.07, 6.45) is 3.43. The average Bonchev–Trinajstić information content (AvgIpc) is 2.79. The Bertz CT molecular complexity index is 618. The van der Waals surface area contributed by atoms with Crippen LogP contribution in [0.15, 0.2) is 29.3 Å². The number of methoxy groups -OCH3 is 1. The Balaban J connectivity index is 0.00000320. The summed E-state index contributed by atoms with van der Waals surface area (Å²) in [5, 5.41) is 3.53. The Hall–Kier alpha value is -0.710. The SMILES string of the molecule is CN=C(NCc1ccc(N2CCSCC2)cc1)N1CCC(OCCCOC)CC1.I. The maximum absolute atomic E-state index is 5.96. The maximum Gasteiger partial charge on any atom is 0.193 e. The van der Waals surface area contributed by atoms with Gasteiger partial charge in [-0.15, -0.1) is 24.0 Å². The number of guanidine groups is 1. The van der Waals surface area contributed by atoms with Crippen LogP contribution in [0.2, 0.25) is 0 Å². The second-order valence-corrected chi connectivity index (χ2v) is 8.79. The molecule has 170 valence electrons. The van der Waals surface area contributed by atoms with Crippen molar-refractivity contribution < 1.29 is 9.47 Å². The van der Waals surface area contributed by atoms with Crippen LogP contribution in [0.4, 0.5) is 5.69 Å². The molecule has 1 aromatic rings. The molecule has 0 unspecified atom stereocenters. The number of halogens is 1. The Kier molecular flexibility index (Phi) is 12.2. The van der Waals surface area contributed by atoms with Gasteiger partial charge in [-0.1, -0.05) is 12.1 Å². The second kappa shape index (κ2) is 14.4. The van der Waals surface area contributed by atoms with Crippen LogP contribution in [0, 0.1) is 0 Å². The van der Waals surface area contributed by atoms with Crippen molar-refractivity contribution in [2.75, 3.05) is 70.0 Å². The molecule has 0 aliphatic carbocycles. The minimum absolute atomic E-state index is 0. The van der Waals surface area contributed by atoms with Crippen molar-refractivity contribution in [2.45, 2.75) is 31.9 Å². The van der Waals surface area contributed by atoms with E-state index in [9.17, 15) is 0 Å². The van der Waals surface area contributed by atoms with Gasteiger partial charge in [-0.2, -0.15) is 11.8 Å². The minimum Gasteiger partial charge on any atom is -0.385 e. The van der Waals surface area contributed by atoms with E-state index < -0.39 is 0 Å². The molecule has 2 saturated heterocycles. The molecule has 6 nitrogen and oxygen atoms in total. The average molecular weight is 549 g/mol. The molecule has 2 heterocycles. The summed E-state index contributed by atoms with van der Waals surface area (Å²) < 4.78 is 11.0. The number of rotatable bonds is 8. The molecule has 30 heavy (non-hydrogen) atoms. The van der Waals surface area contributed by atoms with Crippen molar-refractivity contribution >= 4 is 47.4 Å². The van der Waals surface area contributed by atoms with E-state index >= 15 is 0 Å². The molecule has 0 spiro atoms. The number of hydrogen-bond acceptors (Lipinski definition) is 5. The van der Waals surface area contributed by atoms with E-state index in [4.69, 9.17) is 9.47 Å². The molecule has 2 aliphatic heterocycles. The first kappa shape index (κ1) is 25.5. The van der Waals surface area contributed by atoms with Gasteiger partial charge in [-0.05, 0) is 37.0 Å². The second-order valence-electron chi connectivity index (χ2n) is 7.57. The largest absolute Gasteiger partial charge is 0.385 e. The van der Waals surface area contributed by atoms with Crippen molar-refractivity contribution in [3.63, 3.8) is 0 Å². The fourth-order valence-corrected chi connectivity index (χ4v) is 4.75. The predicted molar refractivity (Wildman–Crippen MR) is 139 cm³/mol. The Morgan fingerprint density at radius 1 is 1.10 bits per heavy atom. The van der Waals surface area contributed by atoms with Gasteiger partial charge in [0.2, 0.25) is 0 Å². The van der Waals surface area contributed by atoms with Gasteiger partial charge in [0.15, 0.2) is 5.96 Å². The Morgan fingerprint density at radius 2 is 1.80 bits per heavy atom. The lowest BCUT2D eigenvalue weighted by atomic mass is 10.1. The summed E-state index contributed by atoms with van der Waals surface area (Å²) >= 11 is 2.05. The lowest BCUT2D eigenvalue weighted by molar-refractivity contribution is 0.00989. The Labute approximate surface area is 203 Å². The number of ether oxygens (including phenoxy) is 2. The van der Waals surface area contributed by atoms with Crippen LogP contribution in [0.5, 0.6) is 0 Å². The van der Waals surface area contributed by atoms with Crippen molar-refractivity contribution in [1.82, 2.24) is 10.2 Å². The van der Waals surface area contributed by atoms with E-state index in [-0.39, 0.29) is 24.0 Å². The van der Waals surface area contributed by atoms with Crippen molar-refractivity contribution in [2.24, 2.45) is 4.99 Å². The third kappa shape index (κ3) is 8.09. The van der Waals surface area contributed by atoms with Crippen LogP contribution in [0.25, 0.3) is 0 Å². The molecule has 0 bridgehead atoms. The van der Waals surface area contributed by atoms with Crippen molar-refractivity contribution in [1.29, 1.82) is 0 Å². The quantitative estimate of drug-likeness (QED) is 0.233. The number of anilines is 1. The summed E-state index contributed by atoms with van der Waals surface area (Å²) in [6, 6.07) is 8.97. The molecule has 0 radical (unpaired) electrons. The number of likely N-dealkylation sites (tertiary alicyclic amines) is 1. The number of hydrogen-bond donors (Lipinski definition) is 1. The Morgan fingerprint density at radius 3 is 2.43 bits per heavy atom. The molecule has 2 fully saturated rings. The summed E-state index contributed by atoms with van der Waals surface area (Å²) in [6.45, 7) is 6.64. The van der Waals surface area contributed by atoms with Crippen LogP contribution in [0.3, 0.4) is 0 Å². The van der Waals surface area contributed by atoms with E-state index in [0.29, 0.717) is 6.10 Å². The first-order valence-electron chi connectivity index (χ1n) is 10.8. The first-order valence-corrected chi connectivity index (χ1v) is 11.9. The van der Waals surface area contributed by atoms with E-state index in [0.717, 1.165) is 71.2 Å². The summed E-state index contributed by atoms with van der Waals surface area (Å²) in [5.41, 5.74) is 2.63. The van der Waals surface area contributed by atoms with E-state index in [2.05, 4.69) is 44.4 Å². The zero-order valence-corrected chi connectivity index (χ0v) is 21.5. The molecular formula is C22H37IN4O2S. The van der Waals surface area contributed by atoms with E-state index in [1.54, 1.807) is 7.11 Å². The van der Waals surface area contributed by atoms with Crippen molar-refractivity contribution in [3.8, 4) is 0 Å². The summed E-state index contributed by atoms with van der Waals surface area (Å²) in [7, 11) is 3.60. The fourth-order valence-electron chi connectivity index (χ4n) is 3.85. The minimum atomic E-state index is 0. The zero-order chi connectivity index (χ0) is 20.3. The van der Waals surface area contributed by atoms with Gasteiger partial charge in [0.05, 0.1) is 6.10 Å². The number of nitrogens with one attached hydrogen (secondary N) is 1. The predicted octanol–water partition coefficient (Wildman–Crippen LogP) is 3.45. The smallest absolute Gasteiger partial charge is 0.193 e. The number of benzene rings is 1. The molecule has 3 rings (SSSR count). The number of nitrogens with zero attached hydrogens (tertiary/aromatic N) is 3. The van der Waals surface area contributed by atoms with Crippen molar-refractivity contribution in [3.05, 3.63) is 29.8 Å². The highest BCUT2D eigenvalue weighted by Crippen LogP contribution is 2.20. The van der Waals surface area contributed by atoms with Crippen LogP contribution in [-0.4, -0.2) is 82.0 Å². The molecule has 2 aliphatic rings. The van der Waals surface area contributed by atoms with Gasteiger partial charge in [-0.3, -0.25) is 4.99 Å². The fraction of sp³-hybridized carbons (Fsp3) is 0.682. The van der Waals surface area contributed by atoms with Gasteiger partial charge in [0.25, 0.3) is 0 Å². The monoisotopic (exact) mass is 548 g/mol. The molecule has 0 aromatic heterocycles.